The number of hydrogen-bond acceptors (Lipinski definition) is 3. The molecule has 3 aromatic rings. The molecule has 2 aromatic carbocycles. The van der Waals surface area contributed by atoms with Gasteiger partial charge in [-0.3, -0.25) is 14.2 Å². The van der Waals surface area contributed by atoms with Gasteiger partial charge in [0, 0.05) is 19.3 Å². The zero-order chi connectivity index (χ0) is 20.5. The van der Waals surface area contributed by atoms with Gasteiger partial charge < -0.3 is 9.64 Å². The SMILES string of the molecule is COc1ccccc1-n1ccc(C)c(C(=O)N(C)C2Cc3ccccc3C2)c1=O. The van der Waals surface area contributed by atoms with Crippen LogP contribution in [0, 0.1) is 6.92 Å². The van der Waals surface area contributed by atoms with Gasteiger partial charge in [-0.25, -0.2) is 0 Å². The van der Waals surface area contributed by atoms with Gasteiger partial charge in [0.2, 0.25) is 0 Å². The number of aromatic nitrogens is 1. The minimum absolute atomic E-state index is 0.0543. The molecule has 0 unspecified atom stereocenters. The van der Waals surface area contributed by atoms with E-state index in [9.17, 15) is 9.59 Å². The molecule has 0 aliphatic heterocycles. The summed E-state index contributed by atoms with van der Waals surface area (Å²) < 4.78 is 6.88. The number of carbonyl (C=O) groups excluding carboxylic acids is 1. The van der Waals surface area contributed by atoms with Crippen molar-refractivity contribution in [1.29, 1.82) is 0 Å². The second-order valence-electron chi connectivity index (χ2n) is 7.47. The average Bonchev–Trinajstić information content (AvgIpc) is 3.17. The average molecular weight is 388 g/mol. The maximum Gasteiger partial charge on any atom is 0.268 e. The van der Waals surface area contributed by atoms with Crippen molar-refractivity contribution in [3.05, 3.63) is 93.4 Å². The van der Waals surface area contributed by atoms with Crippen molar-refractivity contribution < 1.29 is 9.53 Å². The Morgan fingerprint density at radius 2 is 1.66 bits per heavy atom. The molecule has 1 aliphatic rings. The number of aryl methyl sites for hydroxylation is 1. The first-order chi connectivity index (χ1) is 14.0. The van der Waals surface area contributed by atoms with Crippen LogP contribution in [0.3, 0.4) is 0 Å². The van der Waals surface area contributed by atoms with Gasteiger partial charge in [0.05, 0.1) is 12.8 Å². The van der Waals surface area contributed by atoms with E-state index in [1.54, 1.807) is 50.4 Å². The van der Waals surface area contributed by atoms with Crippen LogP contribution in [0.2, 0.25) is 0 Å². The maximum atomic E-state index is 13.3. The van der Waals surface area contributed by atoms with Gasteiger partial charge in [-0.2, -0.15) is 0 Å². The molecule has 4 rings (SSSR count). The van der Waals surface area contributed by atoms with Crippen molar-refractivity contribution in [1.82, 2.24) is 9.47 Å². The third-order valence-electron chi connectivity index (χ3n) is 5.76. The normalized spacial score (nSPS) is 13.2. The highest BCUT2D eigenvalue weighted by molar-refractivity contribution is 5.95. The maximum absolute atomic E-state index is 13.3. The van der Waals surface area contributed by atoms with Gasteiger partial charge in [-0.15, -0.1) is 0 Å². The van der Waals surface area contributed by atoms with Crippen LogP contribution in [0.5, 0.6) is 5.75 Å². The van der Waals surface area contributed by atoms with E-state index in [1.165, 1.54) is 15.7 Å². The van der Waals surface area contributed by atoms with Gasteiger partial charge in [0.25, 0.3) is 11.5 Å². The predicted octanol–water partition coefficient (Wildman–Crippen LogP) is 3.39. The Morgan fingerprint density at radius 1 is 1.03 bits per heavy atom. The van der Waals surface area contributed by atoms with Crippen LogP contribution in [-0.4, -0.2) is 35.6 Å². The van der Waals surface area contributed by atoms with E-state index in [0.717, 1.165) is 12.8 Å². The summed E-state index contributed by atoms with van der Waals surface area (Å²) in [5.41, 5.74) is 3.71. The first-order valence-electron chi connectivity index (χ1n) is 9.71. The Labute approximate surface area is 170 Å². The molecule has 148 valence electrons. The van der Waals surface area contributed by atoms with E-state index in [-0.39, 0.29) is 23.1 Å². The highest BCUT2D eigenvalue weighted by Gasteiger charge is 2.30. The molecular formula is C24H24N2O3. The van der Waals surface area contributed by atoms with Crippen molar-refractivity contribution in [2.75, 3.05) is 14.2 Å². The van der Waals surface area contributed by atoms with Crippen molar-refractivity contribution in [3.63, 3.8) is 0 Å². The molecule has 0 saturated heterocycles. The molecule has 0 atom stereocenters. The van der Waals surface area contributed by atoms with E-state index >= 15 is 0 Å². The molecule has 1 aliphatic carbocycles. The first kappa shape index (κ1) is 19.0. The third kappa shape index (κ3) is 3.33. The summed E-state index contributed by atoms with van der Waals surface area (Å²) in [6.45, 7) is 1.80. The van der Waals surface area contributed by atoms with Crippen LogP contribution in [0.4, 0.5) is 0 Å². The molecule has 0 N–H and O–H groups in total. The summed E-state index contributed by atoms with van der Waals surface area (Å²) in [5, 5.41) is 0. The molecule has 29 heavy (non-hydrogen) atoms. The summed E-state index contributed by atoms with van der Waals surface area (Å²) in [6.07, 6.45) is 3.31. The molecule has 1 heterocycles. The van der Waals surface area contributed by atoms with E-state index in [4.69, 9.17) is 4.74 Å². The lowest BCUT2D eigenvalue weighted by Crippen LogP contribution is -2.41. The van der Waals surface area contributed by atoms with Crippen molar-refractivity contribution in [2.24, 2.45) is 0 Å². The van der Waals surface area contributed by atoms with E-state index in [1.807, 2.05) is 24.3 Å². The smallest absolute Gasteiger partial charge is 0.268 e. The van der Waals surface area contributed by atoms with Crippen LogP contribution in [0.25, 0.3) is 5.69 Å². The molecule has 0 radical (unpaired) electrons. The molecular weight excluding hydrogens is 364 g/mol. The Bertz CT molecular complexity index is 1110. The summed E-state index contributed by atoms with van der Waals surface area (Å²) >= 11 is 0. The van der Waals surface area contributed by atoms with E-state index in [2.05, 4.69) is 12.1 Å². The number of fused-ring (bicyclic) bond motifs is 1. The Morgan fingerprint density at radius 3 is 2.31 bits per heavy atom. The Balaban J connectivity index is 1.70. The van der Waals surface area contributed by atoms with Gasteiger partial charge in [-0.1, -0.05) is 36.4 Å². The van der Waals surface area contributed by atoms with Crippen LogP contribution in [-0.2, 0) is 12.8 Å². The number of rotatable bonds is 4. The standard InChI is InChI=1S/C24H24N2O3/c1-16-12-13-26(20-10-6-7-11-21(20)29-3)24(28)22(16)23(27)25(2)19-14-17-8-4-5-9-18(17)15-19/h4-13,19H,14-15H2,1-3H3. The second kappa shape index (κ2) is 7.59. The molecule has 1 amide bonds. The molecule has 5 nitrogen and oxygen atoms in total. The first-order valence-corrected chi connectivity index (χ1v) is 9.71. The fraction of sp³-hybridized carbons (Fsp3) is 0.250. The number of pyridine rings is 1. The number of para-hydroxylation sites is 2. The molecule has 0 spiro atoms. The number of likely N-dealkylation sites (N-methyl/N-ethyl adjacent to an activating group) is 1. The van der Waals surface area contributed by atoms with Crippen molar-refractivity contribution in [2.45, 2.75) is 25.8 Å². The van der Waals surface area contributed by atoms with E-state index < -0.39 is 0 Å². The highest BCUT2D eigenvalue weighted by Crippen LogP contribution is 2.26. The van der Waals surface area contributed by atoms with Crippen LogP contribution in [0.15, 0.2) is 65.6 Å². The van der Waals surface area contributed by atoms with Crippen LogP contribution in [0.1, 0.15) is 27.0 Å². The number of benzene rings is 2. The number of amides is 1. The van der Waals surface area contributed by atoms with Gasteiger partial charge >= 0.3 is 0 Å². The number of nitrogens with zero attached hydrogens (tertiary/aromatic N) is 2. The van der Waals surface area contributed by atoms with Gasteiger partial charge in [-0.05, 0) is 54.7 Å². The van der Waals surface area contributed by atoms with Gasteiger partial charge in [0.1, 0.15) is 11.3 Å². The minimum Gasteiger partial charge on any atom is -0.495 e. The number of carbonyl (C=O) groups is 1. The summed E-state index contributed by atoms with van der Waals surface area (Å²) in [4.78, 5) is 28.4. The minimum atomic E-state index is -0.332. The zero-order valence-electron chi connectivity index (χ0n) is 16.9. The summed E-state index contributed by atoms with van der Waals surface area (Å²) in [5.74, 6) is 0.339. The predicted molar refractivity (Wildman–Crippen MR) is 113 cm³/mol. The molecule has 0 fully saturated rings. The second-order valence-corrected chi connectivity index (χ2v) is 7.47. The van der Waals surface area contributed by atoms with E-state index in [0.29, 0.717) is 17.0 Å². The lowest BCUT2D eigenvalue weighted by atomic mass is 10.1. The number of ether oxygens (including phenoxy) is 1. The fourth-order valence-electron chi connectivity index (χ4n) is 4.06. The third-order valence-corrected chi connectivity index (χ3v) is 5.76. The van der Waals surface area contributed by atoms with Crippen LogP contribution >= 0.6 is 0 Å². The lowest BCUT2D eigenvalue weighted by Gasteiger charge is -2.25. The molecule has 5 heteroatoms. The largest absolute Gasteiger partial charge is 0.495 e. The van der Waals surface area contributed by atoms with Crippen LogP contribution < -0.4 is 10.3 Å². The Hall–Kier alpha value is -3.34. The molecule has 0 saturated carbocycles. The zero-order valence-corrected chi connectivity index (χ0v) is 16.9. The highest BCUT2D eigenvalue weighted by atomic mass is 16.5. The topological polar surface area (TPSA) is 51.5 Å². The quantitative estimate of drug-likeness (QED) is 0.688. The summed E-state index contributed by atoms with van der Waals surface area (Å²) in [6, 6.07) is 17.4. The fourth-order valence-corrected chi connectivity index (χ4v) is 4.06. The molecule has 1 aromatic heterocycles. The number of hydrogen-bond donors (Lipinski definition) is 0. The monoisotopic (exact) mass is 388 g/mol. The molecule has 0 bridgehead atoms. The van der Waals surface area contributed by atoms with Crippen molar-refractivity contribution in [3.8, 4) is 11.4 Å². The van der Waals surface area contributed by atoms with Gasteiger partial charge in [0.15, 0.2) is 0 Å². The number of methoxy groups -OCH3 is 1. The van der Waals surface area contributed by atoms with Crippen molar-refractivity contribution >= 4 is 5.91 Å². The Kier molecular flexibility index (Phi) is 4.97. The lowest BCUT2D eigenvalue weighted by molar-refractivity contribution is 0.0735. The summed E-state index contributed by atoms with van der Waals surface area (Å²) in [7, 11) is 3.36.